The van der Waals surface area contributed by atoms with Crippen molar-refractivity contribution in [3.8, 4) is 16.3 Å². The Labute approximate surface area is 109 Å². The van der Waals surface area contributed by atoms with Crippen molar-refractivity contribution >= 4 is 17.2 Å². The molecule has 0 atom stereocenters. The molecule has 0 saturated heterocycles. The zero-order chi connectivity index (χ0) is 13.1. The minimum Gasteiger partial charge on any atom is -0.496 e. The first-order valence-corrected chi connectivity index (χ1v) is 6.10. The maximum absolute atomic E-state index is 11.5. The van der Waals surface area contributed by atoms with Crippen LogP contribution in [0.3, 0.4) is 0 Å². The number of amides is 1. The molecule has 18 heavy (non-hydrogen) atoms. The Morgan fingerprint density at radius 1 is 1.44 bits per heavy atom. The molecule has 1 aromatic heterocycles. The number of nitrogens with one attached hydrogen (secondary N) is 1. The molecule has 0 unspecified atom stereocenters. The molecule has 6 heteroatoms. The van der Waals surface area contributed by atoms with E-state index in [-0.39, 0.29) is 5.91 Å². The first-order chi connectivity index (χ1) is 8.67. The lowest BCUT2D eigenvalue weighted by atomic mass is 10.2. The number of para-hydroxylation sites is 1. The number of hydrogen-bond acceptors (Lipinski definition) is 5. The third-order valence-corrected chi connectivity index (χ3v) is 3.66. The number of nitrogens with zero attached hydrogens (tertiary/aromatic N) is 1. The lowest BCUT2D eigenvalue weighted by Gasteiger charge is -2.04. The molecule has 0 saturated carbocycles. The second kappa shape index (κ2) is 5.16. The first kappa shape index (κ1) is 12.5. The van der Waals surface area contributed by atoms with Crippen molar-refractivity contribution in [2.45, 2.75) is 6.92 Å². The van der Waals surface area contributed by atoms with Crippen LogP contribution in [0.2, 0.25) is 0 Å². The molecule has 3 N–H and O–H groups in total. The lowest BCUT2D eigenvalue weighted by Crippen LogP contribution is -2.29. The van der Waals surface area contributed by atoms with E-state index in [0.717, 1.165) is 16.3 Å². The van der Waals surface area contributed by atoms with Gasteiger partial charge in [0.05, 0.1) is 18.4 Å². The van der Waals surface area contributed by atoms with Gasteiger partial charge in [-0.1, -0.05) is 12.1 Å². The molecule has 5 nitrogen and oxygen atoms in total. The summed E-state index contributed by atoms with van der Waals surface area (Å²) in [4.78, 5) is 16.4. The van der Waals surface area contributed by atoms with Crippen molar-refractivity contribution in [2.24, 2.45) is 5.84 Å². The SMILES string of the molecule is COc1ccccc1-c1nc(C)c(C(=O)NN)s1. The number of nitrogen functional groups attached to an aromatic ring is 1. The van der Waals surface area contributed by atoms with Crippen LogP contribution >= 0.6 is 11.3 Å². The Morgan fingerprint density at radius 2 is 2.17 bits per heavy atom. The summed E-state index contributed by atoms with van der Waals surface area (Å²) in [6.45, 7) is 1.78. The maximum atomic E-state index is 11.5. The van der Waals surface area contributed by atoms with Crippen LogP contribution in [-0.4, -0.2) is 18.0 Å². The highest BCUT2D eigenvalue weighted by Gasteiger charge is 2.17. The number of thiazole rings is 1. The van der Waals surface area contributed by atoms with Gasteiger partial charge in [-0.25, -0.2) is 10.8 Å². The van der Waals surface area contributed by atoms with E-state index in [0.29, 0.717) is 10.6 Å². The number of rotatable bonds is 3. The van der Waals surface area contributed by atoms with Crippen molar-refractivity contribution in [3.63, 3.8) is 0 Å². The number of ether oxygens (including phenoxy) is 1. The number of nitrogens with two attached hydrogens (primary N) is 1. The Bertz CT molecular complexity index is 580. The third-order valence-electron chi connectivity index (χ3n) is 2.47. The van der Waals surface area contributed by atoms with E-state index in [1.165, 1.54) is 11.3 Å². The van der Waals surface area contributed by atoms with E-state index in [2.05, 4.69) is 10.4 Å². The van der Waals surface area contributed by atoms with Crippen molar-refractivity contribution in [1.29, 1.82) is 0 Å². The minimum absolute atomic E-state index is 0.328. The molecule has 1 amide bonds. The highest BCUT2D eigenvalue weighted by Crippen LogP contribution is 2.33. The van der Waals surface area contributed by atoms with Gasteiger partial charge < -0.3 is 4.74 Å². The molecule has 2 rings (SSSR count). The fourth-order valence-corrected chi connectivity index (χ4v) is 2.61. The second-order valence-corrected chi connectivity index (χ2v) is 4.61. The number of carbonyl (C=O) groups is 1. The van der Waals surface area contributed by atoms with Crippen LogP contribution in [0.1, 0.15) is 15.4 Å². The van der Waals surface area contributed by atoms with E-state index >= 15 is 0 Å². The minimum atomic E-state index is -0.328. The van der Waals surface area contributed by atoms with Crippen molar-refractivity contribution in [3.05, 3.63) is 34.8 Å². The van der Waals surface area contributed by atoms with Crippen LogP contribution in [0.4, 0.5) is 0 Å². The molecular formula is C12H13N3O2S. The second-order valence-electron chi connectivity index (χ2n) is 3.61. The number of carbonyl (C=O) groups excluding carboxylic acids is 1. The van der Waals surface area contributed by atoms with Crippen LogP contribution in [0.15, 0.2) is 24.3 Å². The Morgan fingerprint density at radius 3 is 2.83 bits per heavy atom. The van der Waals surface area contributed by atoms with Gasteiger partial charge in [0.15, 0.2) is 0 Å². The average Bonchev–Trinajstić information content (AvgIpc) is 2.79. The van der Waals surface area contributed by atoms with Gasteiger partial charge in [0.2, 0.25) is 0 Å². The summed E-state index contributed by atoms with van der Waals surface area (Å²) in [7, 11) is 1.60. The monoisotopic (exact) mass is 263 g/mol. The van der Waals surface area contributed by atoms with Crippen LogP contribution in [0, 0.1) is 6.92 Å². The van der Waals surface area contributed by atoms with Crippen LogP contribution in [-0.2, 0) is 0 Å². The number of benzene rings is 1. The summed E-state index contributed by atoms with van der Waals surface area (Å²) in [5.74, 6) is 5.53. The van der Waals surface area contributed by atoms with E-state index < -0.39 is 0 Å². The van der Waals surface area contributed by atoms with E-state index in [1.807, 2.05) is 24.3 Å². The fraction of sp³-hybridized carbons (Fsp3) is 0.167. The van der Waals surface area contributed by atoms with Gasteiger partial charge in [0, 0.05) is 0 Å². The Hall–Kier alpha value is -1.92. The molecule has 2 aromatic rings. The topological polar surface area (TPSA) is 77.2 Å². The molecule has 0 spiro atoms. The van der Waals surface area contributed by atoms with Crippen LogP contribution in [0.25, 0.3) is 10.6 Å². The predicted molar refractivity (Wildman–Crippen MR) is 70.5 cm³/mol. The summed E-state index contributed by atoms with van der Waals surface area (Å²) in [5.41, 5.74) is 3.64. The molecule has 0 aliphatic rings. The first-order valence-electron chi connectivity index (χ1n) is 5.29. The Kier molecular flexibility index (Phi) is 3.59. The molecule has 94 valence electrons. The third kappa shape index (κ3) is 2.20. The molecular weight excluding hydrogens is 250 g/mol. The highest BCUT2D eigenvalue weighted by atomic mass is 32.1. The van der Waals surface area contributed by atoms with E-state index in [9.17, 15) is 4.79 Å². The fourth-order valence-electron chi connectivity index (χ4n) is 1.61. The van der Waals surface area contributed by atoms with Gasteiger partial charge in [0.1, 0.15) is 15.6 Å². The van der Waals surface area contributed by atoms with E-state index in [1.54, 1.807) is 14.0 Å². The number of hydrogen-bond donors (Lipinski definition) is 2. The normalized spacial score (nSPS) is 10.2. The average molecular weight is 263 g/mol. The standard InChI is InChI=1S/C12H13N3O2S/c1-7-10(11(16)15-13)18-12(14-7)8-5-3-4-6-9(8)17-2/h3-6H,13H2,1-2H3,(H,15,16). The van der Waals surface area contributed by atoms with Gasteiger partial charge in [-0.3, -0.25) is 10.2 Å². The quantitative estimate of drug-likeness (QED) is 0.502. The summed E-state index contributed by atoms with van der Waals surface area (Å²) in [6, 6.07) is 7.55. The zero-order valence-electron chi connectivity index (χ0n) is 10.1. The number of aromatic nitrogens is 1. The highest BCUT2D eigenvalue weighted by molar-refractivity contribution is 7.17. The Balaban J connectivity index is 2.49. The summed E-state index contributed by atoms with van der Waals surface area (Å²) in [5, 5.41) is 0.739. The molecule has 0 radical (unpaired) electrons. The van der Waals surface area contributed by atoms with Gasteiger partial charge in [0.25, 0.3) is 5.91 Å². The lowest BCUT2D eigenvalue weighted by molar-refractivity contribution is 0.0957. The van der Waals surface area contributed by atoms with Crippen LogP contribution in [0.5, 0.6) is 5.75 Å². The summed E-state index contributed by atoms with van der Waals surface area (Å²) >= 11 is 1.29. The molecule has 0 bridgehead atoms. The van der Waals surface area contributed by atoms with Gasteiger partial charge >= 0.3 is 0 Å². The zero-order valence-corrected chi connectivity index (χ0v) is 10.9. The predicted octanol–water partition coefficient (Wildman–Crippen LogP) is 1.73. The van der Waals surface area contributed by atoms with Gasteiger partial charge in [-0.15, -0.1) is 11.3 Å². The molecule has 0 aliphatic carbocycles. The summed E-state index contributed by atoms with van der Waals surface area (Å²) in [6.07, 6.45) is 0. The van der Waals surface area contributed by atoms with Crippen LogP contribution < -0.4 is 16.0 Å². The summed E-state index contributed by atoms with van der Waals surface area (Å²) < 4.78 is 5.28. The van der Waals surface area contributed by atoms with E-state index in [4.69, 9.17) is 10.6 Å². The number of hydrazine groups is 1. The molecule has 0 aliphatic heterocycles. The molecule has 1 heterocycles. The molecule has 0 fully saturated rings. The number of methoxy groups -OCH3 is 1. The maximum Gasteiger partial charge on any atom is 0.277 e. The smallest absolute Gasteiger partial charge is 0.277 e. The molecule has 1 aromatic carbocycles. The van der Waals surface area contributed by atoms with Crippen molar-refractivity contribution in [2.75, 3.05) is 7.11 Å². The van der Waals surface area contributed by atoms with Gasteiger partial charge in [-0.05, 0) is 19.1 Å². The van der Waals surface area contributed by atoms with Crippen molar-refractivity contribution < 1.29 is 9.53 Å². The van der Waals surface area contributed by atoms with Crippen molar-refractivity contribution in [1.82, 2.24) is 10.4 Å². The van der Waals surface area contributed by atoms with Gasteiger partial charge in [-0.2, -0.15) is 0 Å². The number of aryl methyl sites for hydroxylation is 1. The largest absolute Gasteiger partial charge is 0.496 e.